The highest BCUT2D eigenvalue weighted by molar-refractivity contribution is 5.65. The van der Waals surface area contributed by atoms with Gasteiger partial charge < -0.3 is 14.7 Å². The third-order valence-electron chi connectivity index (χ3n) is 4.82. The van der Waals surface area contributed by atoms with Gasteiger partial charge in [0.25, 0.3) is 5.69 Å². The molecule has 1 aliphatic rings. The molecule has 2 atom stereocenters. The van der Waals surface area contributed by atoms with Crippen molar-refractivity contribution in [2.24, 2.45) is 17.3 Å². The van der Waals surface area contributed by atoms with Crippen LogP contribution in [0.5, 0.6) is 5.75 Å². The molecule has 1 N–H and O–H groups in total. The molecule has 1 aromatic carbocycles. The van der Waals surface area contributed by atoms with Crippen LogP contribution in [0.1, 0.15) is 32.8 Å². The van der Waals surface area contributed by atoms with Crippen molar-refractivity contribution in [2.45, 2.75) is 27.2 Å². The first-order valence-electron chi connectivity index (χ1n) is 8.41. The van der Waals surface area contributed by atoms with Gasteiger partial charge >= 0.3 is 6.09 Å². The number of carbonyl (C=O) groups is 1. The summed E-state index contributed by atoms with van der Waals surface area (Å²) < 4.78 is 5.70. The van der Waals surface area contributed by atoms with Crippen LogP contribution in [0.15, 0.2) is 18.2 Å². The van der Waals surface area contributed by atoms with Gasteiger partial charge in [0.2, 0.25) is 0 Å². The number of nitro groups is 1. The first-order valence-corrected chi connectivity index (χ1v) is 8.41. The van der Waals surface area contributed by atoms with Crippen molar-refractivity contribution in [3.63, 3.8) is 0 Å². The van der Waals surface area contributed by atoms with Gasteiger partial charge in [-0.05, 0) is 23.8 Å². The molecule has 1 aromatic rings. The SMILES string of the molecule is CC(C)(C)C1CC(COc2cccc([N+](=O)[O-])c2C#N)CN(C(=O)O)C1. The van der Waals surface area contributed by atoms with Crippen LogP contribution in [0.2, 0.25) is 0 Å². The summed E-state index contributed by atoms with van der Waals surface area (Å²) in [5, 5.41) is 29.6. The number of benzene rings is 1. The van der Waals surface area contributed by atoms with Crippen LogP contribution in [0.4, 0.5) is 10.5 Å². The average Bonchev–Trinajstić information content (AvgIpc) is 2.58. The minimum atomic E-state index is -0.961. The van der Waals surface area contributed by atoms with E-state index in [0.717, 1.165) is 6.42 Å². The number of rotatable bonds is 4. The Morgan fingerprint density at radius 1 is 1.46 bits per heavy atom. The number of carboxylic acid groups (broad SMARTS) is 1. The fraction of sp³-hybridized carbons (Fsp3) is 0.556. The summed E-state index contributed by atoms with van der Waals surface area (Å²) >= 11 is 0. The van der Waals surface area contributed by atoms with Gasteiger partial charge in [0.1, 0.15) is 11.8 Å². The Morgan fingerprint density at radius 2 is 2.15 bits per heavy atom. The number of likely N-dealkylation sites (tertiary alicyclic amines) is 1. The normalized spacial score (nSPS) is 20.3. The fourth-order valence-corrected chi connectivity index (χ4v) is 3.22. The number of nitro benzene ring substituents is 1. The summed E-state index contributed by atoms with van der Waals surface area (Å²) in [7, 11) is 0. The van der Waals surface area contributed by atoms with Crippen LogP contribution in [0.3, 0.4) is 0 Å². The lowest BCUT2D eigenvalue weighted by Gasteiger charge is -2.42. The minimum Gasteiger partial charge on any atom is -0.492 e. The maximum Gasteiger partial charge on any atom is 0.407 e. The zero-order chi connectivity index (χ0) is 19.5. The second-order valence-corrected chi connectivity index (χ2v) is 7.68. The molecule has 1 amide bonds. The number of nitriles is 1. The summed E-state index contributed by atoms with van der Waals surface area (Å²) in [5.41, 5.74) is -0.459. The first kappa shape index (κ1) is 19.5. The quantitative estimate of drug-likeness (QED) is 0.648. The number of amides is 1. The van der Waals surface area contributed by atoms with Gasteiger partial charge in [-0.3, -0.25) is 10.1 Å². The molecule has 1 saturated heterocycles. The number of hydrogen-bond acceptors (Lipinski definition) is 5. The fourth-order valence-electron chi connectivity index (χ4n) is 3.22. The van der Waals surface area contributed by atoms with Gasteiger partial charge in [-0.2, -0.15) is 5.26 Å². The van der Waals surface area contributed by atoms with Gasteiger partial charge in [-0.1, -0.05) is 26.8 Å². The molecule has 0 spiro atoms. The highest BCUT2D eigenvalue weighted by Crippen LogP contribution is 2.36. The molecular weight excluding hydrogens is 338 g/mol. The predicted molar refractivity (Wildman–Crippen MR) is 94.0 cm³/mol. The molecule has 1 fully saturated rings. The molecule has 1 heterocycles. The largest absolute Gasteiger partial charge is 0.492 e. The smallest absolute Gasteiger partial charge is 0.407 e. The Morgan fingerprint density at radius 3 is 2.69 bits per heavy atom. The molecule has 0 aromatic heterocycles. The summed E-state index contributed by atoms with van der Waals surface area (Å²) in [6.45, 7) is 7.26. The lowest BCUT2D eigenvalue weighted by atomic mass is 9.73. The Hall–Kier alpha value is -2.82. The van der Waals surface area contributed by atoms with Gasteiger partial charge in [0, 0.05) is 25.1 Å². The van der Waals surface area contributed by atoms with Crippen molar-refractivity contribution >= 4 is 11.8 Å². The van der Waals surface area contributed by atoms with Crippen molar-refractivity contribution in [2.75, 3.05) is 19.7 Å². The summed E-state index contributed by atoms with van der Waals surface area (Å²) in [6.07, 6.45) is -0.165. The summed E-state index contributed by atoms with van der Waals surface area (Å²) in [6, 6.07) is 6.07. The monoisotopic (exact) mass is 361 g/mol. The Kier molecular flexibility index (Phi) is 5.70. The standard InChI is InChI=1S/C18H23N3O5/c1-18(2,3)13-7-12(9-20(10-13)17(22)23)11-26-16-6-4-5-15(21(24)25)14(16)8-19/h4-6,12-13H,7,9-11H2,1-3H3,(H,22,23). The number of nitrogens with zero attached hydrogens (tertiary/aromatic N) is 3. The minimum absolute atomic E-state index is 0.0459. The van der Waals surface area contributed by atoms with Crippen molar-refractivity contribution in [3.05, 3.63) is 33.9 Å². The summed E-state index contributed by atoms with van der Waals surface area (Å²) in [4.78, 5) is 23.2. The summed E-state index contributed by atoms with van der Waals surface area (Å²) in [5.74, 6) is 0.290. The molecule has 8 heteroatoms. The van der Waals surface area contributed by atoms with E-state index in [9.17, 15) is 25.3 Å². The first-order chi connectivity index (χ1) is 12.1. The van der Waals surface area contributed by atoms with Gasteiger partial charge in [0.05, 0.1) is 11.5 Å². The maximum atomic E-state index is 11.4. The second-order valence-electron chi connectivity index (χ2n) is 7.68. The average molecular weight is 361 g/mol. The van der Waals surface area contributed by atoms with Crippen molar-refractivity contribution in [1.82, 2.24) is 4.90 Å². The van der Waals surface area contributed by atoms with Crippen LogP contribution in [-0.2, 0) is 0 Å². The van der Waals surface area contributed by atoms with Crippen LogP contribution in [0, 0.1) is 38.7 Å². The molecule has 0 radical (unpaired) electrons. The maximum absolute atomic E-state index is 11.4. The van der Waals surface area contributed by atoms with Crippen LogP contribution in [0.25, 0.3) is 0 Å². The molecule has 0 saturated carbocycles. The lowest BCUT2D eigenvalue weighted by molar-refractivity contribution is -0.385. The van der Waals surface area contributed by atoms with E-state index < -0.39 is 11.0 Å². The molecule has 0 bridgehead atoms. The third-order valence-corrected chi connectivity index (χ3v) is 4.82. The Balaban J connectivity index is 2.15. The van der Waals surface area contributed by atoms with E-state index in [2.05, 4.69) is 20.8 Å². The van der Waals surface area contributed by atoms with E-state index >= 15 is 0 Å². The Labute approximate surface area is 152 Å². The zero-order valence-corrected chi connectivity index (χ0v) is 15.1. The highest BCUT2D eigenvalue weighted by atomic mass is 16.6. The zero-order valence-electron chi connectivity index (χ0n) is 15.1. The van der Waals surface area contributed by atoms with E-state index in [0.29, 0.717) is 13.1 Å². The molecule has 26 heavy (non-hydrogen) atoms. The van der Waals surface area contributed by atoms with Crippen molar-refractivity contribution < 1.29 is 19.6 Å². The second kappa shape index (κ2) is 7.60. The van der Waals surface area contributed by atoms with Gasteiger partial charge in [0.15, 0.2) is 5.56 Å². The predicted octanol–water partition coefficient (Wildman–Crippen LogP) is 3.51. The molecule has 140 valence electrons. The highest BCUT2D eigenvalue weighted by Gasteiger charge is 2.36. The van der Waals surface area contributed by atoms with Gasteiger partial charge in [-0.15, -0.1) is 0 Å². The van der Waals surface area contributed by atoms with E-state index in [1.807, 2.05) is 6.07 Å². The van der Waals surface area contributed by atoms with E-state index in [1.54, 1.807) is 0 Å². The lowest BCUT2D eigenvalue weighted by Crippen LogP contribution is -2.48. The van der Waals surface area contributed by atoms with E-state index in [1.165, 1.54) is 23.1 Å². The molecule has 0 aliphatic carbocycles. The van der Waals surface area contributed by atoms with Gasteiger partial charge in [-0.25, -0.2) is 4.79 Å². The molecule has 8 nitrogen and oxygen atoms in total. The number of ether oxygens (including phenoxy) is 1. The topological polar surface area (TPSA) is 117 Å². The van der Waals surface area contributed by atoms with Crippen molar-refractivity contribution in [1.29, 1.82) is 5.26 Å². The van der Waals surface area contributed by atoms with E-state index in [-0.39, 0.29) is 40.9 Å². The third kappa shape index (κ3) is 4.42. The van der Waals surface area contributed by atoms with Crippen LogP contribution in [-0.4, -0.2) is 40.7 Å². The van der Waals surface area contributed by atoms with Crippen molar-refractivity contribution in [3.8, 4) is 11.8 Å². The Bertz CT molecular complexity index is 735. The van der Waals surface area contributed by atoms with Crippen LogP contribution >= 0.6 is 0 Å². The molecule has 1 aliphatic heterocycles. The molecule has 2 unspecified atom stereocenters. The number of piperidine rings is 1. The molecule has 2 rings (SSSR count). The van der Waals surface area contributed by atoms with Crippen LogP contribution < -0.4 is 4.74 Å². The molecular formula is C18H23N3O5. The van der Waals surface area contributed by atoms with E-state index in [4.69, 9.17) is 4.74 Å². The number of hydrogen-bond donors (Lipinski definition) is 1.